The number of amides is 1. The summed E-state index contributed by atoms with van der Waals surface area (Å²) in [5.74, 6) is 0.367. The van der Waals surface area contributed by atoms with Gasteiger partial charge in [-0.25, -0.2) is 5.43 Å². The number of halogens is 1. The number of benzene rings is 3. The molecule has 3 rings (SSSR count). The van der Waals surface area contributed by atoms with Gasteiger partial charge in [0.25, 0.3) is 5.91 Å². The third-order valence-corrected chi connectivity index (χ3v) is 5.68. The first-order chi connectivity index (χ1) is 13.9. The van der Waals surface area contributed by atoms with Crippen molar-refractivity contribution in [1.29, 1.82) is 0 Å². The Labute approximate surface area is 180 Å². The van der Waals surface area contributed by atoms with Crippen molar-refractivity contribution in [1.82, 2.24) is 5.43 Å². The molecule has 4 nitrogen and oxygen atoms in total. The first kappa shape index (κ1) is 21.1. The Balaban J connectivity index is 1.72. The predicted molar refractivity (Wildman–Crippen MR) is 123 cm³/mol. The lowest BCUT2D eigenvalue weighted by Crippen LogP contribution is -2.35. The molecule has 1 N–H and O–H groups in total. The second-order valence-corrected chi connectivity index (χ2v) is 7.95. The van der Waals surface area contributed by atoms with Gasteiger partial charge in [0, 0.05) is 5.56 Å². The van der Waals surface area contributed by atoms with E-state index >= 15 is 0 Å². The largest absolute Gasteiger partial charge is 0.479 e. The number of rotatable bonds is 6. The lowest BCUT2D eigenvalue weighted by molar-refractivity contribution is -0.128. The van der Waals surface area contributed by atoms with E-state index in [1.165, 1.54) is 5.56 Å². The third kappa shape index (κ3) is 4.85. The van der Waals surface area contributed by atoms with Gasteiger partial charge >= 0.3 is 0 Å². The summed E-state index contributed by atoms with van der Waals surface area (Å²) in [5, 5.41) is 6.31. The van der Waals surface area contributed by atoms with Crippen LogP contribution in [0.5, 0.6) is 5.75 Å². The topological polar surface area (TPSA) is 50.7 Å². The number of hydrogen-bond donors (Lipinski definition) is 1. The summed E-state index contributed by atoms with van der Waals surface area (Å²) in [4.78, 5) is 12.6. The molecular formula is C24H25BrN2O2. The standard InChI is InChI=1S/C24H25BrN2O2/c1-5-21(29-22-11-10-18-8-6-7-9-19(18)23(22)25)24(28)27-26-14-20-16(3)12-15(2)13-17(20)4/h6-14,21H,5H2,1-4H3,(H,27,28). The van der Waals surface area contributed by atoms with Crippen LogP contribution in [0.1, 0.15) is 35.6 Å². The van der Waals surface area contributed by atoms with E-state index < -0.39 is 6.10 Å². The van der Waals surface area contributed by atoms with E-state index in [0.29, 0.717) is 12.2 Å². The van der Waals surface area contributed by atoms with E-state index in [1.54, 1.807) is 6.21 Å². The van der Waals surface area contributed by atoms with Gasteiger partial charge < -0.3 is 4.74 Å². The van der Waals surface area contributed by atoms with Crippen LogP contribution in [-0.2, 0) is 4.79 Å². The van der Waals surface area contributed by atoms with Gasteiger partial charge in [-0.1, -0.05) is 55.0 Å². The van der Waals surface area contributed by atoms with Crippen molar-refractivity contribution in [3.05, 3.63) is 75.3 Å². The minimum absolute atomic E-state index is 0.272. The zero-order valence-electron chi connectivity index (χ0n) is 17.1. The Bertz CT molecular complexity index is 1050. The van der Waals surface area contributed by atoms with Crippen LogP contribution in [-0.4, -0.2) is 18.2 Å². The van der Waals surface area contributed by atoms with E-state index in [0.717, 1.165) is 31.9 Å². The number of nitrogens with zero attached hydrogens (tertiary/aromatic N) is 1. The molecule has 0 heterocycles. The summed E-state index contributed by atoms with van der Waals surface area (Å²) in [5.41, 5.74) is 7.10. The van der Waals surface area contributed by atoms with Gasteiger partial charge in [0.05, 0.1) is 10.7 Å². The van der Waals surface area contributed by atoms with Crippen molar-refractivity contribution in [2.75, 3.05) is 0 Å². The fourth-order valence-electron chi connectivity index (χ4n) is 3.41. The Morgan fingerprint density at radius 1 is 1.14 bits per heavy atom. The molecule has 29 heavy (non-hydrogen) atoms. The van der Waals surface area contributed by atoms with Crippen LogP contribution in [0.3, 0.4) is 0 Å². The summed E-state index contributed by atoms with van der Waals surface area (Å²) in [6, 6.07) is 16.1. The Morgan fingerprint density at radius 2 is 1.83 bits per heavy atom. The summed E-state index contributed by atoms with van der Waals surface area (Å²) in [6.07, 6.45) is 1.59. The number of fused-ring (bicyclic) bond motifs is 1. The van der Waals surface area contributed by atoms with Crippen LogP contribution in [0.2, 0.25) is 0 Å². The summed E-state index contributed by atoms with van der Waals surface area (Å²) < 4.78 is 6.84. The van der Waals surface area contributed by atoms with Crippen molar-refractivity contribution in [3.63, 3.8) is 0 Å². The van der Waals surface area contributed by atoms with Crippen LogP contribution in [0.15, 0.2) is 58.1 Å². The van der Waals surface area contributed by atoms with Crippen molar-refractivity contribution in [2.24, 2.45) is 5.10 Å². The highest BCUT2D eigenvalue weighted by Crippen LogP contribution is 2.33. The Hall–Kier alpha value is -2.66. The average molecular weight is 453 g/mol. The van der Waals surface area contributed by atoms with E-state index in [9.17, 15) is 4.79 Å². The molecule has 0 aliphatic heterocycles. The van der Waals surface area contributed by atoms with Crippen LogP contribution in [0.4, 0.5) is 0 Å². The molecule has 5 heteroatoms. The molecule has 1 unspecified atom stereocenters. The second kappa shape index (κ2) is 9.23. The fraction of sp³-hybridized carbons (Fsp3) is 0.250. The van der Waals surface area contributed by atoms with E-state index in [-0.39, 0.29) is 5.91 Å². The van der Waals surface area contributed by atoms with Gasteiger partial charge in [-0.2, -0.15) is 5.10 Å². The molecule has 0 aromatic heterocycles. The highest BCUT2D eigenvalue weighted by molar-refractivity contribution is 9.10. The number of carbonyl (C=O) groups excluding carboxylic acids is 1. The molecule has 0 bridgehead atoms. The van der Waals surface area contributed by atoms with Gasteiger partial charge in [0.2, 0.25) is 0 Å². The molecular weight excluding hydrogens is 428 g/mol. The van der Waals surface area contributed by atoms with Crippen LogP contribution >= 0.6 is 15.9 Å². The normalized spacial score (nSPS) is 12.3. The van der Waals surface area contributed by atoms with Gasteiger partial charge in [-0.05, 0) is 71.1 Å². The van der Waals surface area contributed by atoms with Crippen molar-refractivity contribution in [3.8, 4) is 5.75 Å². The maximum absolute atomic E-state index is 12.6. The summed E-state index contributed by atoms with van der Waals surface area (Å²) in [7, 11) is 0. The number of hydrazone groups is 1. The Morgan fingerprint density at radius 3 is 2.52 bits per heavy atom. The predicted octanol–water partition coefficient (Wildman–Crippen LogP) is 5.84. The van der Waals surface area contributed by atoms with Crippen LogP contribution in [0, 0.1) is 20.8 Å². The molecule has 150 valence electrons. The number of hydrogen-bond acceptors (Lipinski definition) is 3. The van der Waals surface area contributed by atoms with E-state index in [2.05, 4.69) is 45.5 Å². The minimum Gasteiger partial charge on any atom is -0.479 e. The van der Waals surface area contributed by atoms with Crippen molar-refractivity contribution < 1.29 is 9.53 Å². The van der Waals surface area contributed by atoms with E-state index in [1.807, 2.05) is 57.2 Å². The van der Waals surface area contributed by atoms with E-state index in [4.69, 9.17) is 4.74 Å². The second-order valence-electron chi connectivity index (χ2n) is 7.16. The highest BCUT2D eigenvalue weighted by atomic mass is 79.9. The molecule has 1 atom stereocenters. The first-order valence-electron chi connectivity index (χ1n) is 9.65. The summed E-state index contributed by atoms with van der Waals surface area (Å²) in [6.45, 7) is 8.06. The molecule has 0 spiro atoms. The quantitative estimate of drug-likeness (QED) is 0.377. The van der Waals surface area contributed by atoms with Gasteiger partial charge in [-0.15, -0.1) is 0 Å². The molecule has 3 aromatic rings. The van der Waals surface area contributed by atoms with Crippen molar-refractivity contribution in [2.45, 2.75) is 40.2 Å². The molecule has 0 aliphatic carbocycles. The van der Waals surface area contributed by atoms with Gasteiger partial charge in [0.1, 0.15) is 5.75 Å². The lowest BCUT2D eigenvalue weighted by atomic mass is 10.0. The zero-order chi connectivity index (χ0) is 21.0. The summed E-state index contributed by atoms with van der Waals surface area (Å²) >= 11 is 3.61. The fourth-order valence-corrected chi connectivity index (χ4v) is 3.99. The molecule has 0 fully saturated rings. The highest BCUT2D eigenvalue weighted by Gasteiger charge is 2.19. The van der Waals surface area contributed by atoms with Crippen LogP contribution in [0.25, 0.3) is 10.8 Å². The maximum Gasteiger partial charge on any atom is 0.281 e. The van der Waals surface area contributed by atoms with Crippen molar-refractivity contribution >= 4 is 38.8 Å². The monoisotopic (exact) mass is 452 g/mol. The minimum atomic E-state index is -0.634. The number of ether oxygens (including phenoxy) is 1. The van der Waals surface area contributed by atoms with Gasteiger partial charge in [-0.3, -0.25) is 4.79 Å². The number of nitrogens with one attached hydrogen (secondary N) is 1. The Kier molecular flexibility index (Phi) is 6.70. The molecule has 0 radical (unpaired) electrons. The molecule has 0 saturated carbocycles. The molecule has 0 saturated heterocycles. The number of carbonyl (C=O) groups is 1. The SMILES string of the molecule is CCC(Oc1ccc2ccccc2c1Br)C(=O)NN=Cc1c(C)cc(C)cc1C. The lowest BCUT2D eigenvalue weighted by Gasteiger charge is -2.17. The zero-order valence-corrected chi connectivity index (χ0v) is 18.7. The smallest absolute Gasteiger partial charge is 0.281 e. The average Bonchev–Trinajstić information content (AvgIpc) is 2.69. The third-order valence-electron chi connectivity index (χ3n) is 4.87. The number of aryl methyl sites for hydroxylation is 3. The molecule has 3 aromatic carbocycles. The van der Waals surface area contributed by atoms with Crippen LogP contribution < -0.4 is 10.2 Å². The maximum atomic E-state index is 12.6. The molecule has 0 aliphatic rings. The molecule has 1 amide bonds. The van der Waals surface area contributed by atoms with Gasteiger partial charge in [0.15, 0.2) is 6.10 Å². The first-order valence-corrected chi connectivity index (χ1v) is 10.4.